The van der Waals surface area contributed by atoms with Crippen molar-refractivity contribution in [2.24, 2.45) is 0 Å². The Hall–Kier alpha value is -0.375. The van der Waals surface area contributed by atoms with Crippen LogP contribution in [-0.2, 0) is 0 Å². The molecule has 0 saturated heterocycles. The van der Waals surface area contributed by atoms with Gasteiger partial charge in [0, 0.05) is 11.5 Å². The maximum absolute atomic E-state index is 11.1. The summed E-state index contributed by atoms with van der Waals surface area (Å²) in [5.74, 6) is 0.0445. The molecule has 0 aliphatic carbocycles. The van der Waals surface area contributed by atoms with Crippen LogP contribution in [0.15, 0.2) is 36.5 Å². The van der Waals surface area contributed by atoms with Gasteiger partial charge in [-0.2, -0.15) is 0 Å². The van der Waals surface area contributed by atoms with Crippen molar-refractivity contribution in [2.45, 2.75) is 0 Å². The maximum atomic E-state index is 11.1. The normalized spacial score (nSPS) is 8.00. The third-order valence-corrected chi connectivity index (χ3v) is 1.66. The largest absolute Gasteiger partial charge is 1.00 e. The monoisotopic (exact) mass is 174 g/mol. The minimum Gasteiger partial charge on any atom is -0.868 e. The molecule has 1 aromatic heterocycles. The van der Waals surface area contributed by atoms with E-state index in [1.54, 1.807) is 18.3 Å². The van der Waals surface area contributed by atoms with Gasteiger partial charge in [-0.3, -0.25) is 0 Å². The third-order valence-electron chi connectivity index (χ3n) is 1.66. The van der Waals surface area contributed by atoms with E-state index in [9.17, 15) is 5.11 Å². The van der Waals surface area contributed by atoms with E-state index >= 15 is 0 Å². The van der Waals surface area contributed by atoms with Crippen molar-refractivity contribution < 1.29 is 47.8 Å². The van der Waals surface area contributed by atoms with Crippen molar-refractivity contribution in [1.29, 1.82) is 0 Å². The van der Waals surface area contributed by atoms with Crippen LogP contribution in [0.2, 0.25) is 0 Å². The zero-order valence-electron chi connectivity index (χ0n) is 8.87. The number of aromatic amines is 1. The molecular formula is C10H10Li2NO+. The molecule has 0 radical (unpaired) electrons. The molecule has 0 unspecified atom stereocenters. The van der Waals surface area contributed by atoms with Crippen LogP contribution in [0.5, 0.6) is 5.75 Å². The number of para-hydroxylation sites is 1. The first-order valence-corrected chi connectivity index (χ1v) is 3.44. The van der Waals surface area contributed by atoms with Crippen LogP contribution in [0.4, 0.5) is 0 Å². The van der Waals surface area contributed by atoms with Crippen LogP contribution in [-0.4, -0.2) is 0 Å². The van der Waals surface area contributed by atoms with Gasteiger partial charge < -0.3 is 12.5 Å². The molecule has 1 aromatic carbocycles. The molecule has 1 N–H and O–H groups in total. The second-order valence-electron chi connectivity index (χ2n) is 2.39. The summed E-state index contributed by atoms with van der Waals surface area (Å²) in [5, 5.41) is 12.1. The van der Waals surface area contributed by atoms with E-state index in [1.807, 2.05) is 18.2 Å². The molecule has 4 heteroatoms. The number of rotatable bonds is 0. The first-order valence-electron chi connectivity index (χ1n) is 3.44. The van der Waals surface area contributed by atoms with Gasteiger partial charge in [-0.05, 0) is 17.9 Å². The zero-order chi connectivity index (χ0) is 7.68. The van der Waals surface area contributed by atoms with E-state index in [-0.39, 0.29) is 50.9 Å². The molecule has 0 saturated carbocycles. The maximum Gasteiger partial charge on any atom is 1.00 e. The Morgan fingerprint density at radius 2 is 1.64 bits per heavy atom. The zero-order valence-corrected chi connectivity index (χ0v) is 8.87. The third kappa shape index (κ3) is 3.08. The smallest absolute Gasteiger partial charge is 0.868 e. The minimum atomic E-state index is 0. The van der Waals surface area contributed by atoms with Gasteiger partial charge in [-0.25, -0.2) is 4.98 Å². The molecule has 2 aromatic rings. The van der Waals surface area contributed by atoms with E-state index in [4.69, 9.17) is 0 Å². The van der Waals surface area contributed by atoms with Gasteiger partial charge in [0.2, 0.25) is 5.52 Å². The Labute approximate surface area is 108 Å². The summed E-state index contributed by atoms with van der Waals surface area (Å²) < 4.78 is 0. The summed E-state index contributed by atoms with van der Waals surface area (Å²) in [4.78, 5) is 2.91. The Morgan fingerprint density at radius 1 is 1.00 bits per heavy atom. The summed E-state index contributed by atoms with van der Waals surface area (Å²) in [5.41, 5.74) is 0.676. The Bertz CT molecular complexity index is 387. The first-order chi connectivity index (χ1) is 5.38. The van der Waals surface area contributed by atoms with Crippen molar-refractivity contribution >= 4 is 10.9 Å². The summed E-state index contributed by atoms with van der Waals surface area (Å²) in [6.45, 7) is 0. The first kappa shape index (κ1) is 16.1. The van der Waals surface area contributed by atoms with Gasteiger partial charge in [-0.1, -0.05) is 12.1 Å². The van der Waals surface area contributed by atoms with Crippen molar-refractivity contribution in [3.05, 3.63) is 44.0 Å². The fraction of sp³-hybridized carbons (Fsp3) is 0. The Kier molecular flexibility index (Phi) is 8.02. The summed E-state index contributed by atoms with van der Waals surface area (Å²) in [6, 6.07) is 9.01. The van der Waals surface area contributed by atoms with Crippen molar-refractivity contribution in [1.82, 2.24) is 0 Å². The summed E-state index contributed by atoms with van der Waals surface area (Å²) >= 11 is 0. The van der Waals surface area contributed by atoms with Crippen molar-refractivity contribution in [2.75, 3.05) is 0 Å². The van der Waals surface area contributed by atoms with Gasteiger partial charge in [0.25, 0.3) is 0 Å². The molecule has 62 valence electrons. The Morgan fingerprint density at radius 3 is 2.29 bits per heavy atom. The SMILES string of the molecule is [CH3-].[Li+].[Li+].[O-]c1cccc2ccc[nH+]c12. The number of hydrogen-bond donors (Lipinski definition) is 0. The van der Waals surface area contributed by atoms with Crippen LogP contribution < -0.4 is 47.8 Å². The average Bonchev–Trinajstić information content (AvgIpc) is 2.06. The molecule has 0 fully saturated rings. The molecule has 14 heavy (non-hydrogen) atoms. The van der Waals surface area contributed by atoms with Gasteiger partial charge in [0.05, 0.1) is 0 Å². The van der Waals surface area contributed by atoms with E-state index in [1.165, 1.54) is 0 Å². The molecule has 0 aliphatic rings. The average molecular weight is 174 g/mol. The van der Waals surface area contributed by atoms with Crippen LogP contribution in [0.25, 0.3) is 10.9 Å². The molecule has 0 atom stereocenters. The fourth-order valence-corrected chi connectivity index (χ4v) is 1.12. The van der Waals surface area contributed by atoms with Crippen LogP contribution in [0.1, 0.15) is 0 Å². The quantitative estimate of drug-likeness (QED) is 0.291. The number of pyridine rings is 1. The second kappa shape index (κ2) is 6.99. The molecule has 0 amide bonds. The van der Waals surface area contributed by atoms with Crippen LogP contribution >= 0.6 is 0 Å². The number of nitrogens with one attached hydrogen (secondary N) is 1. The standard InChI is InChI=1S/C9H7NO.CH3.2Li/c11-8-5-1-3-7-4-2-6-10-9(7)8;;;/h1-6,11H;1H3;;/q;-1;2*+1. The van der Waals surface area contributed by atoms with Gasteiger partial charge >= 0.3 is 37.7 Å². The van der Waals surface area contributed by atoms with E-state index < -0.39 is 0 Å². The number of benzene rings is 1. The molecule has 0 aliphatic heterocycles. The second-order valence-corrected chi connectivity index (χ2v) is 2.39. The van der Waals surface area contributed by atoms with Crippen molar-refractivity contribution in [3.63, 3.8) is 0 Å². The molecule has 0 spiro atoms. The van der Waals surface area contributed by atoms with E-state index in [2.05, 4.69) is 4.98 Å². The number of hydrogen-bond acceptors (Lipinski definition) is 1. The van der Waals surface area contributed by atoms with Crippen LogP contribution in [0.3, 0.4) is 0 Å². The molecule has 1 heterocycles. The molecule has 0 bridgehead atoms. The Balaban J connectivity index is 0. The van der Waals surface area contributed by atoms with Crippen molar-refractivity contribution in [3.8, 4) is 5.75 Å². The fourth-order valence-electron chi connectivity index (χ4n) is 1.12. The summed E-state index contributed by atoms with van der Waals surface area (Å²) in [6.07, 6.45) is 1.75. The predicted octanol–water partition coefficient (Wildman–Crippen LogP) is -4.81. The number of fused-ring (bicyclic) bond motifs is 1. The van der Waals surface area contributed by atoms with E-state index in [0.29, 0.717) is 5.52 Å². The number of aromatic nitrogens is 1. The number of H-pyrrole nitrogens is 1. The van der Waals surface area contributed by atoms with Gasteiger partial charge in [0.15, 0.2) is 6.20 Å². The van der Waals surface area contributed by atoms with Gasteiger partial charge in [0.1, 0.15) is 0 Å². The molecular weight excluding hydrogens is 164 g/mol. The topological polar surface area (TPSA) is 37.2 Å². The minimum absolute atomic E-state index is 0. The predicted molar refractivity (Wildman–Crippen MR) is 46.4 cm³/mol. The van der Waals surface area contributed by atoms with E-state index in [0.717, 1.165) is 5.39 Å². The molecule has 2 nitrogen and oxygen atoms in total. The van der Waals surface area contributed by atoms with Gasteiger partial charge in [-0.15, -0.1) is 0 Å². The van der Waals surface area contributed by atoms with Crippen LogP contribution in [0, 0.1) is 7.43 Å². The molecule has 2 rings (SSSR count). The summed E-state index contributed by atoms with van der Waals surface area (Å²) in [7, 11) is 0.